The Labute approximate surface area is 74.2 Å². The molecule has 1 unspecified atom stereocenters. The Hall–Kier alpha value is -1.24. The second-order valence-electron chi connectivity index (χ2n) is 2.88. The standard InChI is InChI=1S/C11H15N/c1-3-4-5-8-11-9-6-7-10(2)12-11/h3-7,9-10,12H,1,8H2,2H3/b5-4-. The molecule has 0 fully saturated rings. The molecule has 0 saturated carbocycles. The first-order chi connectivity index (χ1) is 5.83. The molecular formula is C11H15N. The van der Waals surface area contributed by atoms with Crippen LogP contribution >= 0.6 is 0 Å². The molecule has 1 aliphatic rings. The zero-order valence-electron chi connectivity index (χ0n) is 7.46. The van der Waals surface area contributed by atoms with Crippen molar-refractivity contribution in [1.82, 2.24) is 5.32 Å². The summed E-state index contributed by atoms with van der Waals surface area (Å²) in [6, 6.07) is 0.460. The van der Waals surface area contributed by atoms with Crippen LogP contribution in [0, 0.1) is 0 Å². The average Bonchev–Trinajstić information content (AvgIpc) is 2.05. The fourth-order valence-corrected chi connectivity index (χ4v) is 1.15. The maximum atomic E-state index is 3.62. The lowest BCUT2D eigenvalue weighted by molar-refractivity contribution is 0.703. The van der Waals surface area contributed by atoms with E-state index in [0.717, 1.165) is 6.42 Å². The van der Waals surface area contributed by atoms with Crippen LogP contribution in [0.1, 0.15) is 13.3 Å². The van der Waals surface area contributed by atoms with Crippen molar-refractivity contribution >= 4 is 0 Å². The summed E-state index contributed by atoms with van der Waals surface area (Å²) in [6.07, 6.45) is 13.2. The maximum absolute atomic E-state index is 3.62. The topological polar surface area (TPSA) is 12.0 Å². The molecule has 1 aliphatic heterocycles. The van der Waals surface area contributed by atoms with Crippen molar-refractivity contribution in [3.8, 4) is 0 Å². The van der Waals surface area contributed by atoms with Crippen LogP contribution in [0.15, 0.2) is 48.7 Å². The Morgan fingerprint density at radius 2 is 2.50 bits per heavy atom. The molecule has 1 atom stereocenters. The summed E-state index contributed by atoms with van der Waals surface area (Å²) in [5, 5.41) is 3.36. The summed E-state index contributed by atoms with van der Waals surface area (Å²) in [6.45, 7) is 5.76. The van der Waals surface area contributed by atoms with E-state index < -0.39 is 0 Å². The van der Waals surface area contributed by atoms with Crippen LogP contribution in [0.4, 0.5) is 0 Å². The third-order valence-corrected chi connectivity index (χ3v) is 1.72. The average molecular weight is 161 g/mol. The van der Waals surface area contributed by atoms with Crippen LogP contribution in [-0.2, 0) is 0 Å². The Bertz CT molecular complexity index is 233. The first kappa shape index (κ1) is 8.85. The molecule has 0 spiro atoms. The minimum atomic E-state index is 0.460. The first-order valence-electron chi connectivity index (χ1n) is 4.24. The number of rotatable bonds is 3. The fraction of sp³-hybridized carbons (Fsp3) is 0.273. The van der Waals surface area contributed by atoms with Crippen molar-refractivity contribution in [1.29, 1.82) is 0 Å². The molecule has 0 saturated heterocycles. The fourth-order valence-electron chi connectivity index (χ4n) is 1.15. The Morgan fingerprint density at radius 3 is 3.17 bits per heavy atom. The predicted octanol–water partition coefficient (Wildman–Crippen LogP) is 2.55. The van der Waals surface area contributed by atoms with Gasteiger partial charge in [0.05, 0.1) is 0 Å². The van der Waals surface area contributed by atoms with Crippen molar-refractivity contribution in [2.45, 2.75) is 19.4 Å². The first-order valence-corrected chi connectivity index (χ1v) is 4.24. The van der Waals surface area contributed by atoms with Crippen molar-refractivity contribution in [2.24, 2.45) is 0 Å². The minimum Gasteiger partial charge on any atom is -0.382 e. The smallest absolute Gasteiger partial charge is 0.0416 e. The van der Waals surface area contributed by atoms with E-state index in [1.54, 1.807) is 6.08 Å². The highest BCUT2D eigenvalue weighted by Gasteiger charge is 2.01. The lowest BCUT2D eigenvalue weighted by atomic mass is 10.1. The molecule has 1 heterocycles. The summed E-state index contributed by atoms with van der Waals surface area (Å²) < 4.78 is 0. The molecule has 64 valence electrons. The monoisotopic (exact) mass is 161 g/mol. The lowest BCUT2D eigenvalue weighted by Crippen LogP contribution is -2.24. The normalized spacial score (nSPS) is 22.1. The minimum absolute atomic E-state index is 0.460. The van der Waals surface area contributed by atoms with E-state index in [9.17, 15) is 0 Å². The molecular weight excluding hydrogens is 146 g/mol. The Morgan fingerprint density at radius 1 is 1.67 bits per heavy atom. The van der Waals surface area contributed by atoms with E-state index in [4.69, 9.17) is 0 Å². The number of hydrogen-bond acceptors (Lipinski definition) is 1. The van der Waals surface area contributed by atoms with Crippen LogP contribution in [0.3, 0.4) is 0 Å². The SMILES string of the molecule is C=C/C=C\CC1=CC=CC(C)N1. The quantitative estimate of drug-likeness (QED) is 0.627. The van der Waals surface area contributed by atoms with E-state index in [1.807, 2.05) is 6.08 Å². The third kappa shape index (κ3) is 2.79. The van der Waals surface area contributed by atoms with Gasteiger partial charge in [-0.1, -0.05) is 37.0 Å². The molecule has 0 bridgehead atoms. The van der Waals surface area contributed by atoms with Crippen molar-refractivity contribution < 1.29 is 0 Å². The maximum Gasteiger partial charge on any atom is 0.0416 e. The largest absolute Gasteiger partial charge is 0.382 e. The second kappa shape index (κ2) is 4.60. The van der Waals surface area contributed by atoms with Crippen molar-refractivity contribution in [3.05, 3.63) is 48.7 Å². The van der Waals surface area contributed by atoms with E-state index in [-0.39, 0.29) is 0 Å². The Kier molecular flexibility index (Phi) is 3.39. The number of nitrogens with one attached hydrogen (secondary N) is 1. The highest BCUT2D eigenvalue weighted by atomic mass is 14.9. The molecule has 0 radical (unpaired) electrons. The van der Waals surface area contributed by atoms with Gasteiger partial charge >= 0.3 is 0 Å². The van der Waals surface area contributed by atoms with E-state index in [0.29, 0.717) is 6.04 Å². The highest BCUT2D eigenvalue weighted by molar-refractivity contribution is 5.21. The molecule has 1 heteroatoms. The van der Waals surface area contributed by atoms with Crippen LogP contribution in [0.25, 0.3) is 0 Å². The number of dihydropyridines is 1. The van der Waals surface area contributed by atoms with Crippen LogP contribution in [0.2, 0.25) is 0 Å². The van der Waals surface area contributed by atoms with Crippen LogP contribution in [-0.4, -0.2) is 6.04 Å². The molecule has 0 aromatic carbocycles. The molecule has 0 aromatic rings. The lowest BCUT2D eigenvalue weighted by Gasteiger charge is -2.16. The highest BCUT2D eigenvalue weighted by Crippen LogP contribution is 2.06. The van der Waals surface area contributed by atoms with Gasteiger partial charge in [-0.15, -0.1) is 0 Å². The molecule has 1 N–H and O–H groups in total. The summed E-state index contributed by atoms with van der Waals surface area (Å²) in [5.74, 6) is 0. The number of hydrogen-bond donors (Lipinski definition) is 1. The van der Waals surface area contributed by atoms with Crippen LogP contribution in [0.5, 0.6) is 0 Å². The zero-order valence-corrected chi connectivity index (χ0v) is 7.46. The van der Waals surface area contributed by atoms with Gasteiger partial charge in [0, 0.05) is 18.2 Å². The van der Waals surface area contributed by atoms with Gasteiger partial charge in [0.2, 0.25) is 0 Å². The summed E-state index contributed by atoms with van der Waals surface area (Å²) >= 11 is 0. The van der Waals surface area contributed by atoms with Gasteiger partial charge in [-0.25, -0.2) is 0 Å². The van der Waals surface area contributed by atoms with Crippen LogP contribution < -0.4 is 5.32 Å². The van der Waals surface area contributed by atoms with Gasteiger partial charge in [0.1, 0.15) is 0 Å². The van der Waals surface area contributed by atoms with Gasteiger partial charge in [-0.2, -0.15) is 0 Å². The summed E-state index contributed by atoms with van der Waals surface area (Å²) in [5.41, 5.74) is 1.27. The molecule has 0 aliphatic carbocycles. The van der Waals surface area contributed by atoms with Crippen molar-refractivity contribution in [3.63, 3.8) is 0 Å². The molecule has 1 nitrogen and oxygen atoms in total. The van der Waals surface area contributed by atoms with E-state index in [1.165, 1.54) is 5.70 Å². The van der Waals surface area contributed by atoms with Gasteiger partial charge in [-0.3, -0.25) is 0 Å². The molecule has 0 aromatic heterocycles. The second-order valence-corrected chi connectivity index (χ2v) is 2.88. The summed E-state index contributed by atoms with van der Waals surface area (Å²) in [7, 11) is 0. The molecule has 1 rings (SSSR count). The third-order valence-electron chi connectivity index (χ3n) is 1.72. The molecule has 0 amide bonds. The molecule has 12 heavy (non-hydrogen) atoms. The van der Waals surface area contributed by atoms with E-state index >= 15 is 0 Å². The van der Waals surface area contributed by atoms with Gasteiger partial charge in [0.15, 0.2) is 0 Å². The summed E-state index contributed by atoms with van der Waals surface area (Å²) in [4.78, 5) is 0. The van der Waals surface area contributed by atoms with Gasteiger partial charge < -0.3 is 5.32 Å². The Balaban J connectivity index is 2.42. The van der Waals surface area contributed by atoms with Crippen molar-refractivity contribution in [2.75, 3.05) is 0 Å². The van der Waals surface area contributed by atoms with Gasteiger partial charge in [0.25, 0.3) is 0 Å². The zero-order chi connectivity index (χ0) is 8.81. The predicted molar refractivity (Wildman–Crippen MR) is 53.8 cm³/mol. The van der Waals surface area contributed by atoms with E-state index in [2.05, 4.69) is 43.1 Å². The number of allylic oxidation sites excluding steroid dienone is 5. The van der Waals surface area contributed by atoms with Gasteiger partial charge in [-0.05, 0) is 13.0 Å².